The zero-order valence-electron chi connectivity index (χ0n) is 50.4. The molecule has 4 aromatic rings. The van der Waals surface area contributed by atoms with E-state index in [2.05, 4.69) is 10.6 Å². The fourth-order valence-electron chi connectivity index (χ4n) is 9.26. The lowest BCUT2D eigenvalue weighted by molar-refractivity contribution is -0.146. The number of esters is 1. The van der Waals surface area contributed by atoms with Crippen LogP contribution in [-0.4, -0.2) is 121 Å². The van der Waals surface area contributed by atoms with E-state index in [9.17, 15) is 28.8 Å². The third-order valence-corrected chi connectivity index (χ3v) is 13.6. The van der Waals surface area contributed by atoms with Crippen LogP contribution in [0.25, 0.3) is 22.3 Å². The first kappa shape index (κ1) is 66.3. The molecule has 19 heteroatoms. The maximum atomic E-state index is 15.4. The van der Waals surface area contributed by atoms with Gasteiger partial charge >= 0.3 is 24.3 Å². The van der Waals surface area contributed by atoms with Crippen molar-refractivity contribution in [1.29, 1.82) is 0 Å². The summed E-state index contributed by atoms with van der Waals surface area (Å²) in [5.41, 5.74) is 1.30. The number of likely N-dealkylation sites (N-methyl/N-ethyl adjacent to an activating group) is 1. The number of methoxy groups -OCH3 is 1. The second-order valence-corrected chi connectivity index (χ2v) is 24.4. The predicted molar refractivity (Wildman–Crippen MR) is 316 cm³/mol. The van der Waals surface area contributed by atoms with Crippen molar-refractivity contribution < 1.29 is 66.8 Å². The van der Waals surface area contributed by atoms with E-state index in [1.165, 1.54) is 30.0 Å². The van der Waals surface area contributed by atoms with E-state index in [-0.39, 0.29) is 55.9 Å². The number of Topliss-reactive ketones (excluding diaryl/α,β-unsaturated/α-hetero) is 2. The van der Waals surface area contributed by atoms with Gasteiger partial charge in [0, 0.05) is 80.0 Å². The van der Waals surface area contributed by atoms with Crippen molar-refractivity contribution in [3.63, 3.8) is 0 Å². The number of alkyl carbamates (subject to hydrolysis) is 1. The van der Waals surface area contributed by atoms with Gasteiger partial charge in [0.1, 0.15) is 40.4 Å². The number of ketones is 2. The number of unbranched alkanes of at least 4 members (excludes halogenated alkanes) is 3. The first-order valence-corrected chi connectivity index (χ1v) is 28.6. The highest BCUT2D eigenvalue weighted by Gasteiger charge is 2.37. The smallest absolute Gasteiger partial charge is 0.493 e. The maximum Gasteiger partial charge on any atom is 0.514 e. The Morgan fingerprint density at radius 2 is 1.33 bits per heavy atom. The van der Waals surface area contributed by atoms with Crippen molar-refractivity contribution >= 4 is 59.3 Å². The quantitative estimate of drug-likeness (QED) is 0.0276. The van der Waals surface area contributed by atoms with Crippen molar-refractivity contribution in [2.45, 2.75) is 156 Å². The molecule has 0 aliphatic carbocycles. The normalized spacial score (nSPS) is 16.0. The summed E-state index contributed by atoms with van der Waals surface area (Å²) in [7, 11) is 4.36. The Labute approximate surface area is 493 Å². The van der Waals surface area contributed by atoms with Gasteiger partial charge in [-0.3, -0.25) is 19.2 Å². The summed E-state index contributed by atoms with van der Waals surface area (Å²) in [5.74, 6) is -4.37. The number of hydrogen-bond donors (Lipinski definition) is 2. The molecule has 0 unspecified atom stereocenters. The molecule has 83 heavy (non-hydrogen) atoms. The maximum absolute atomic E-state index is 15.4. The fourth-order valence-corrected chi connectivity index (χ4v) is 9.38. The average molecular weight is 1170 g/mol. The SMILES string of the molecule is COC(=O)[C@@H]1Cc2ccc(OC(=O)OC(C)(C)C)c(c2)-c2cc(ccc2OCCCCCN(C)C(=O)OC(C)(C)C)[C@H](N(C)C(=O)[C@H](CCCCNC(=O)OC(C)(C)C)CC(=O)c2ccc(-c3ccc(Cl)cc3)cc2)C(=O)C[C@@H](C)C(=O)N1. The van der Waals surface area contributed by atoms with E-state index in [4.69, 9.17) is 40.0 Å². The molecule has 0 radical (unpaired) electrons. The van der Waals surface area contributed by atoms with Gasteiger partial charge in [-0.25, -0.2) is 19.2 Å². The van der Waals surface area contributed by atoms with Gasteiger partial charge in [0.25, 0.3) is 0 Å². The van der Waals surface area contributed by atoms with Gasteiger partial charge in [0.05, 0.1) is 13.7 Å². The summed E-state index contributed by atoms with van der Waals surface area (Å²) in [6.45, 7) is 18.2. The average Bonchev–Trinajstić information content (AvgIpc) is 3.54. The van der Waals surface area contributed by atoms with E-state index in [1.807, 2.05) is 24.3 Å². The van der Waals surface area contributed by atoms with Crippen LogP contribution in [-0.2, 0) is 44.5 Å². The van der Waals surface area contributed by atoms with Crippen LogP contribution < -0.4 is 20.1 Å². The van der Waals surface area contributed by atoms with E-state index in [0.717, 1.165) is 11.1 Å². The Morgan fingerprint density at radius 3 is 1.95 bits per heavy atom. The van der Waals surface area contributed by atoms with Crippen molar-refractivity contribution in [2.75, 3.05) is 40.9 Å². The highest BCUT2D eigenvalue weighted by molar-refractivity contribution is 6.30. The molecule has 4 amide bonds. The standard InChI is InChI=1S/C64H83ClN4O14/c1-40-35-52(71)55(69(12)57(73)46(19-15-16-32-66-59(75)81-62(2,3)4)39-51(70)44-23-21-42(22-24-44)43-25-28-47(65)29-26-43)45-27-31-53(79-34-18-14-17-33-68(11)60(76)82-63(5,6)7)49(38-45)48-36-41(37-50(58(74)78-13)67-56(40)72)20-30-54(48)80-61(77)83-64(8,9)10/h20-31,36,38,40,46,50,55H,14-19,32-35,37,39H2,1-13H3,(H,66,75)(H,67,72)/t40-,46-,50+,55+/m1/s1. The van der Waals surface area contributed by atoms with Crippen LogP contribution in [0.5, 0.6) is 11.5 Å². The van der Waals surface area contributed by atoms with E-state index >= 15 is 9.59 Å². The number of amides is 4. The van der Waals surface area contributed by atoms with E-state index in [1.54, 1.807) is 131 Å². The topological polar surface area (TPSA) is 222 Å². The minimum absolute atomic E-state index is 0.0304. The molecule has 4 atom stereocenters. The Kier molecular flexibility index (Phi) is 23.7. The molecule has 1 aliphatic rings. The number of nitrogens with zero attached hydrogens (tertiary/aromatic N) is 2. The van der Waals surface area contributed by atoms with Gasteiger partial charge in [-0.05, 0) is 153 Å². The Hall–Kier alpha value is -7.47. The largest absolute Gasteiger partial charge is 0.514 e. The summed E-state index contributed by atoms with van der Waals surface area (Å²) in [4.78, 5) is 114. The number of benzene rings is 4. The van der Waals surface area contributed by atoms with Crippen LogP contribution in [0.1, 0.15) is 148 Å². The number of carbonyl (C=O) groups excluding carboxylic acids is 8. The van der Waals surface area contributed by atoms with Crippen LogP contribution in [0, 0.1) is 11.8 Å². The van der Waals surface area contributed by atoms with Gasteiger partial charge in [0.15, 0.2) is 11.6 Å². The minimum atomic E-state index is -1.37. The van der Waals surface area contributed by atoms with Gasteiger partial charge in [-0.1, -0.05) is 73.5 Å². The van der Waals surface area contributed by atoms with Gasteiger partial charge in [0.2, 0.25) is 11.8 Å². The highest BCUT2D eigenvalue weighted by Crippen LogP contribution is 2.41. The molecule has 4 bridgehead atoms. The minimum Gasteiger partial charge on any atom is -0.493 e. The molecule has 1 aliphatic heterocycles. The lowest BCUT2D eigenvalue weighted by Gasteiger charge is -2.32. The highest BCUT2D eigenvalue weighted by atomic mass is 35.5. The molecule has 0 aromatic heterocycles. The van der Waals surface area contributed by atoms with Crippen molar-refractivity contribution in [2.24, 2.45) is 11.8 Å². The third kappa shape index (κ3) is 21.0. The molecule has 5 rings (SSSR count). The lowest BCUT2D eigenvalue weighted by Crippen LogP contribution is -2.46. The van der Waals surface area contributed by atoms with Gasteiger partial charge < -0.3 is 48.9 Å². The summed E-state index contributed by atoms with van der Waals surface area (Å²) in [5, 5.41) is 6.10. The second-order valence-electron chi connectivity index (χ2n) is 24.0. The zero-order chi connectivity index (χ0) is 61.4. The van der Waals surface area contributed by atoms with Gasteiger partial charge in [-0.15, -0.1) is 0 Å². The number of fused-ring (bicyclic) bond motifs is 5. The Balaban J connectivity index is 1.59. The number of halogens is 1. The molecule has 0 saturated heterocycles. The fraction of sp³-hybridized carbons (Fsp3) is 0.500. The van der Waals surface area contributed by atoms with Crippen molar-refractivity contribution in [1.82, 2.24) is 20.4 Å². The van der Waals surface area contributed by atoms with Crippen LogP contribution >= 0.6 is 11.6 Å². The Bertz CT molecular complexity index is 2920. The number of hydrogen-bond acceptors (Lipinski definition) is 14. The van der Waals surface area contributed by atoms with Crippen LogP contribution in [0.4, 0.5) is 14.4 Å². The van der Waals surface area contributed by atoms with Crippen LogP contribution in [0.2, 0.25) is 5.02 Å². The van der Waals surface area contributed by atoms with Crippen LogP contribution in [0.3, 0.4) is 0 Å². The molecular weight excluding hydrogens is 1080 g/mol. The molecular formula is C64H83ClN4O14. The molecule has 0 fully saturated rings. The number of ether oxygens (including phenoxy) is 6. The van der Waals surface area contributed by atoms with Crippen molar-refractivity contribution in [3.05, 3.63) is 107 Å². The lowest BCUT2D eigenvalue weighted by atomic mass is 9.88. The van der Waals surface area contributed by atoms with Crippen LogP contribution in [0.15, 0.2) is 84.9 Å². The summed E-state index contributed by atoms with van der Waals surface area (Å²) < 4.78 is 34.1. The molecule has 2 N–H and O–H groups in total. The van der Waals surface area contributed by atoms with Gasteiger partial charge in [-0.2, -0.15) is 0 Å². The third-order valence-electron chi connectivity index (χ3n) is 13.4. The first-order valence-electron chi connectivity index (χ1n) is 28.2. The number of rotatable bonds is 20. The summed E-state index contributed by atoms with van der Waals surface area (Å²) in [6.07, 6.45) is 0.189. The van der Waals surface area contributed by atoms with E-state index < -0.39 is 82.6 Å². The van der Waals surface area contributed by atoms with Crippen molar-refractivity contribution in [3.8, 4) is 33.8 Å². The molecule has 450 valence electrons. The molecule has 0 saturated carbocycles. The monoisotopic (exact) mass is 1170 g/mol. The zero-order valence-corrected chi connectivity index (χ0v) is 51.1. The summed E-state index contributed by atoms with van der Waals surface area (Å²) >= 11 is 6.14. The molecule has 18 nitrogen and oxygen atoms in total. The molecule has 0 spiro atoms. The second kappa shape index (κ2) is 29.7. The Morgan fingerprint density at radius 1 is 0.711 bits per heavy atom. The van der Waals surface area contributed by atoms with E-state index in [0.29, 0.717) is 71.7 Å². The predicted octanol–water partition coefficient (Wildman–Crippen LogP) is 12.3. The molecule has 1 heterocycles. The first-order chi connectivity index (χ1) is 38.9. The summed E-state index contributed by atoms with van der Waals surface area (Å²) in [6, 6.07) is 21.6. The molecule has 4 aromatic carbocycles. The number of nitrogens with one attached hydrogen (secondary N) is 2. The number of carbonyl (C=O) groups is 8.